The van der Waals surface area contributed by atoms with Crippen LogP contribution in [-0.4, -0.2) is 53.3 Å². The number of urea groups is 1. The van der Waals surface area contributed by atoms with Gasteiger partial charge >= 0.3 is 6.03 Å². The molecule has 2 saturated heterocycles. The molecule has 3 rings (SSSR count). The van der Waals surface area contributed by atoms with Crippen LogP contribution in [0.15, 0.2) is 18.3 Å². The van der Waals surface area contributed by atoms with Gasteiger partial charge < -0.3 is 20.2 Å². The standard InChI is InChI=1S/C19H30N4O2/c24-14-9-17-8-2-5-13-23(17)19(25)21-15-16-7-6-10-20-18(16)22-11-3-1-4-12-22/h6-7,10,17,24H,1-5,8-9,11-15H2,(H,21,25). The number of pyridine rings is 1. The second kappa shape index (κ2) is 9.04. The molecule has 6 nitrogen and oxygen atoms in total. The number of amides is 2. The first-order valence-electron chi connectivity index (χ1n) is 9.64. The number of hydrogen-bond acceptors (Lipinski definition) is 4. The van der Waals surface area contributed by atoms with E-state index in [1.165, 1.54) is 19.3 Å². The maximum atomic E-state index is 12.6. The number of piperidine rings is 2. The Morgan fingerprint density at radius 2 is 2.00 bits per heavy atom. The second-order valence-electron chi connectivity index (χ2n) is 7.05. The van der Waals surface area contributed by atoms with Crippen LogP contribution in [0.5, 0.6) is 0 Å². The molecule has 0 aliphatic carbocycles. The topological polar surface area (TPSA) is 68.7 Å². The van der Waals surface area contributed by atoms with Crippen molar-refractivity contribution in [1.29, 1.82) is 0 Å². The van der Waals surface area contributed by atoms with Crippen LogP contribution >= 0.6 is 0 Å². The Hall–Kier alpha value is -1.82. The van der Waals surface area contributed by atoms with Gasteiger partial charge in [0.05, 0.1) is 0 Å². The van der Waals surface area contributed by atoms with Crippen molar-refractivity contribution >= 4 is 11.8 Å². The minimum absolute atomic E-state index is 0.0217. The lowest BCUT2D eigenvalue weighted by molar-refractivity contribution is 0.131. The Bertz CT molecular complexity index is 558. The van der Waals surface area contributed by atoms with Crippen LogP contribution in [0, 0.1) is 0 Å². The highest BCUT2D eigenvalue weighted by Gasteiger charge is 2.26. The van der Waals surface area contributed by atoms with Gasteiger partial charge in [0.2, 0.25) is 0 Å². The summed E-state index contributed by atoms with van der Waals surface area (Å²) in [4.78, 5) is 21.4. The molecular formula is C19H30N4O2. The molecular weight excluding hydrogens is 316 g/mol. The molecule has 1 atom stereocenters. The molecule has 1 aromatic heterocycles. The highest BCUT2D eigenvalue weighted by molar-refractivity contribution is 5.75. The van der Waals surface area contributed by atoms with Gasteiger partial charge in [0, 0.05) is 50.6 Å². The lowest BCUT2D eigenvalue weighted by Crippen LogP contribution is -2.48. The van der Waals surface area contributed by atoms with Crippen LogP contribution in [0.4, 0.5) is 10.6 Å². The fraction of sp³-hybridized carbons (Fsp3) is 0.684. The van der Waals surface area contributed by atoms with Crippen molar-refractivity contribution in [2.45, 2.75) is 57.5 Å². The van der Waals surface area contributed by atoms with Gasteiger partial charge in [-0.25, -0.2) is 9.78 Å². The predicted octanol–water partition coefficient (Wildman–Crippen LogP) is 2.52. The van der Waals surface area contributed by atoms with E-state index in [0.717, 1.165) is 50.3 Å². The largest absolute Gasteiger partial charge is 0.396 e. The van der Waals surface area contributed by atoms with Gasteiger partial charge in [-0.05, 0) is 51.0 Å². The molecule has 1 unspecified atom stereocenters. The normalized spacial score (nSPS) is 21.2. The molecule has 0 bridgehead atoms. The van der Waals surface area contributed by atoms with Crippen LogP contribution in [-0.2, 0) is 6.54 Å². The molecule has 0 saturated carbocycles. The predicted molar refractivity (Wildman–Crippen MR) is 98.6 cm³/mol. The summed E-state index contributed by atoms with van der Waals surface area (Å²) < 4.78 is 0. The molecule has 2 amide bonds. The number of aliphatic hydroxyl groups is 1. The van der Waals surface area contributed by atoms with Crippen LogP contribution in [0.25, 0.3) is 0 Å². The summed E-state index contributed by atoms with van der Waals surface area (Å²) in [5, 5.41) is 12.3. The molecule has 25 heavy (non-hydrogen) atoms. The number of aromatic nitrogens is 1. The summed E-state index contributed by atoms with van der Waals surface area (Å²) in [7, 11) is 0. The van der Waals surface area contributed by atoms with Crippen molar-refractivity contribution < 1.29 is 9.90 Å². The van der Waals surface area contributed by atoms with Crippen molar-refractivity contribution in [2.24, 2.45) is 0 Å². The quantitative estimate of drug-likeness (QED) is 0.860. The Labute approximate surface area is 150 Å². The average Bonchev–Trinajstić information content (AvgIpc) is 2.68. The Balaban J connectivity index is 1.61. The van der Waals surface area contributed by atoms with E-state index in [4.69, 9.17) is 0 Å². The SMILES string of the molecule is O=C(NCc1cccnc1N1CCCCC1)N1CCCCC1CCO. The van der Waals surface area contributed by atoms with Gasteiger partial charge in [-0.15, -0.1) is 0 Å². The van der Waals surface area contributed by atoms with E-state index in [-0.39, 0.29) is 18.7 Å². The van der Waals surface area contributed by atoms with E-state index in [1.807, 2.05) is 17.2 Å². The minimum atomic E-state index is -0.0217. The van der Waals surface area contributed by atoms with Crippen molar-refractivity contribution in [3.8, 4) is 0 Å². The summed E-state index contributed by atoms with van der Waals surface area (Å²) in [5.74, 6) is 1.01. The van der Waals surface area contributed by atoms with Gasteiger partial charge in [0.1, 0.15) is 5.82 Å². The highest BCUT2D eigenvalue weighted by atomic mass is 16.3. The lowest BCUT2D eigenvalue weighted by Gasteiger charge is -2.35. The molecule has 2 aliphatic heterocycles. The molecule has 3 heterocycles. The summed E-state index contributed by atoms with van der Waals surface area (Å²) in [6.07, 6.45) is 9.36. The molecule has 0 aromatic carbocycles. The smallest absolute Gasteiger partial charge is 0.317 e. The number of nitrogens with zero attached hydrogens (tertiary/aromatic N) is 3. The molecule has 0 radical (unpaired) electrons. The van der Waals surface area contributed by atoms with Gasteiger partial charge in [-0.3, -0.25) is 0 Å². The fourth-order valence-corrected chi connectivity index (χ4v) is 3.95. The first-order valence-corrected chi connectivity index (χ1v) is 9.64. The van der Waals surface area contributed by atoms with Crippen molar-refractivity contribution in [2.75, 3.05) is 31.1 Å². The Kier molecular flexibility index (Phi) is 6.50. The maximum Gasteiger partial charge on any atom is 0.317 e. The first-order chi connectivity index (χ1) is 12.3. The summed E-state index contributed by atoms with van der Waals surface area (Å²) in [6, 6.07) is 4.13. The third-order valence-corrected chi connectivity index (χ3v) is 5.30. The van der Waals surface area contributed by atoms with Crippen LogP contribution < -0.4 is 10.2 Å². The zero-order chi connectivity index (χ0) is 17.5. The molecule has 1 aromatic rings. The van der Waals surface area contributed by atoms with E-state index in [1.54, 1.807) is 0 Å². The van der Waals surface area contributed by atoms with Crippen LogP contribution in [0.2, 0.25) is 0 Å². The molecule has 2 aliphatic rings. The lowest BCUT2D eigenvalue weighted by atomic mass is 10.0. The summed E-state index contributed by atoms with van der Waals surface area (Å²) in [6.45, 7) is 3.50. The summed E-state index contributed by atoms with van der Waals surface area (Å²) in [5.41, 5.74) is 1.08. The van der Waals surface area contributed by atoms with E-state index >= 15 is 0 Å². The number of carbonyl (C=O) groups is 1. The van der Waals surface area contributed by atoms with Gasteiger partial charge in [0.15, 0.2) is 0 Å². The van der Waals surface area contributed by atoms with E-state index < -0.39 is 0 Å². The Morgan fingerprint density at radius 3 is 2.80 bits per heavy atom. The van der Waals surface area contributed by atoms with Crippen LogP contribution in [0.3, 0.4) is 0 Å². The zero-order valence-corrected chi connectivity index (χ0v) is 15.0. The number of hydrogen-bond donors (Lipinski definition) is 2. The highest BCUT2D eigenvalue weighted by Crippen LogP contribution is 2.22. The number of nitrogens with one attached hydrogen (secondary N) is 1. The van der Waals surface area contributed by atoms with Crippen molar-refractivity contribution in [3.63, 3.8) is 0 Å². The number of rotatable bonds is 5. The van der Waals surface area contributed by atoms with Gasteiger partial charge in [-0.2, -0.15) is 0 Å². The van der Waals surface area contributed by atoms with Crippen molar-refractivity contribution in [3.05, 3.63) is 23.9 Å². The Morgan fingerprint density at radius 1 is 1.20 bits per heavy atom. The second-order valence-corrected chi connectivity index (χ2v) is 7.05. The number of carbonyl (C=O) groups excluding carboxylic acids is 1. The third kappa shape index (κ3) is 4.63. The van der Waals surface area contributed by atoms with E-state index in [2.05, 4.69) is 21.3 Å². The minimum Gasteiger partial charge on any atom is -0.396 e. The zero-order valence-electron chi connectivity index (χ0n) is 15.0. The van der Waals surface area contributed by atoms with Gasteiger partial charge in [-0.1, -0.05) is 6.07 Å². The van der Waals surface area contributed by atoms with Crippen molar-refractivity contribution in [1.82, 2.24) is 15.2 Å². The molecule has 6 heteroatoms. The third-order valence-electron chi connectivity index (χ3n) is 5.30. The average molecular weight is 346 g/mol. The monoisotopic (exact) mass is 346 g/mol. The summed E-state index contributed by atoms with van der Waals surface area (Å²) >= 11 is 0. The number of anilines is 1. The molecule has 0 spiro atoms. The number of likely N-dealkylation sites (tertiary alicyclic amines) is 1. The van der Waals surface area contributed by atoms with Crippen LogP contribution in [0.1, 0.15) is 50.5 Å². The molecule has 138 valence electrons. The number of aliphatic hydroxyl groups excluding tert-OH is 1. The van der Waals surface area contributed by atoms with E-state index in [0.29, 0.717) is 13.0 Å². The first kappa shape index (κ1) is 18.0. The molecule has 2 N–H and O–H groups in total. The maximum absolute atomic E-state index is 12.6. The molecule has 2 fully saturated rings. The fourth-order valence-electron chi connectivity index (χ4n) is 3.95. The van der Waals surface area contributed by atoms with E-state index in [9.17, 15) is 9.90 Å². The van der Waals surface area contributed by atoms with Gasteiger partial charge in [0.25, 0.3) is 0 Å².